The summed E-state index contributed by atoms with van der Waals surface area (Å²) < 4.78 is 6.41. The average Bonchev–Trinajstić information content (AvgIpc) is 3.90. The lowest BCUT2D eigenvalue weighted by Gasteiger charge is -2.21. The fraction of sp³-hybridized carbons (Fsp3) is 0.268. The maximum atomic E-state index is 13.7. The third kappa shape index (κ3) is 7.00. The van der Waals surface area contributed by atoms with Gasteiger partial charge < -0.3 is 0 Å². The highest BCUT2D eigenvalue weighted by atomic mass is 16.5. The number of hydrogen-bond acceptors (Lipinski definition) is 5. The quantitative estimate of drug-likeness (QED) is 0.189. The predicted molar refractivity (Wildman–Crippen MR) is 190 cm³/mol. The Bertz CT molecular complexity index is 2090. The average molecular weight is 637 g/mol. The minimum absolute atomic E-state index is 0.00000802. The molecule has 48 heavy (non-hydrogen) atoms. The summed E-state index contributed by atoms with van der Waals surface area (Å²) in [7, 11) is 0. The number of aryl methyl sites for hydroxylation is 1. The van der Waals surface area contributed by atoms with E-state index in [0.29, 0.717) is 18.2 Å². The fourth-order valence-electron chi connectivity index (χ4n) is 6.88. The first-order valence-corrected chi connectivity index (χ1v) is 17.0. The SMILES string of the molecule is Cc1nc(C2CC2)c(Cc2ccc(-c3ccccc3-c3noc(=O)[nH]3)cc2)c(=O)n1-c1ccccc1.c1ccc(C2CCCCC2)cc1. The van der Waals surface area contributed by atoms with Crippen LogP contribution in [0.1, 0.15) is 85.0 Å². The van der Waals surface area contributed by atoms with Crippen LogP contribution in [0, 0.1) is 6.92 Å². The Hall–Kier alpha value is -5.30. The lowest BCUT2D eigenvalue weighted by atomic mass is 9.84. The van der Waals surface area contributed by atoms with E-state index in [1.807, 2.05) is 85.8 Å². The summed E-state index contributed by atoms with van der Waals surface area (Å²) in [4.78, 5) is 32.7. The minimum atomic E-state index is -0.588. The Labute approximate surface area is 280 Å². The van der Waals surface area contributed by atoms with Crippen LogP contribution in [-0.2, 0) is 6.42 Å². The summed E-state index contributed by atoms with van der Waals surface area (Å²) in [6, 6.07) is 36.5. The summed E-state index contributed by atoms with van der Waals surface area (Å²) >= 11 is 0. The van der Waals surface area contributed by atoms with Gasteiger partial charge in [0.1, 0.15) is 5.82 Å². The molecule has 8 rings (SSSR count). The third-order valence-electron chi connectivity index (χ3n) is 9.50. The van der Waals surface area contributed by atoms with E-state index in [1.54, 1.807) is 10.1 Å². The lowest BCUT2D eigenvalue weighted by Crippen LogP contribution is -2.28. The number of H-pyrrole nitrogens is 1. The van der Waals surface area contributed by atoms with E-state index in [1.165, 1.54) is 32.1 Å². The molecule has 0 amide bonds. The van der Waals surface area contributed by atoms with E-state index in [9.17, 15) is 9.59 Å². The van der Waals surface area contributed by atoms with Gasteiger partial charge in [0.15, 0.2) is 5.82 Å². The van der Waals surface area contributed by atoms with Crippen molar-refractivity contribution >= 4 is 0 Å². The monoisotopic (exact) mass is 636 g/mol. The van der Waals surface area contributed by atoms with Crippen molar-refractivity contribution in [2.75, 3.05) is 0 Å². The smallest absolute Gasteiger partial charge is 0.296 e. The molecule has 2 fully saturated rings. The van der Waals surface area contributed by atoms with Crippen molar-refractivity contribution in [2.45, 2.75) is 70.1 Å². The first-order valence-electron chi connectivity index (χ1n) is 17.0. The summed E-state index contributed by atoms with van der Waals surface area (Å²) in [5.74, 6) is 1.75. The molecule has 0 unspecified atom stereocenters. The molecule has 6 aromatic rings. The zero-order valence-electron chi connectivity index (χ0n) is 27.3. The van der Waals surface area contributed by atoms with Gasteiger partial charge in [0, 0.05) is 23.5 Å². The molecule has 1 N–H and O–H groups in total. The van der Waals surface area contributed by atoms with Gasteiger partial charge in [0.25, 0.3) is 5.56 Å². The van der Waals surface area contributed by atoms with E-state index >= 15 is 0 Å². The van der Waals surface area contributed by atoms with Gasteiger partial charge in [-0.15, -0.1) is 0 Å². The maximum absolute atomic E-state index is 13.7. The molecule has 2 aliphatic carbocycles. The standard InChI is InChI=1S/C29H24N4O3.C12H16/c1-18-30-26(21-15-16-21)25(28(34)33(18)22-7-3-2-4-8-22)17-19-11-13-20(14-12-19)23-9-5-6-10-24(23)27-31-29(35)36-32-27;1-3-7-11(8-4-1)12-9-5-2-6-10-12/h2-14,21H,15-17H2,1H3,(H,31,32,35);1,3-4,7-8,12H,2,5-6,9-10H2. The number of rotatable bonds is 7. The Morgan fingerprint density at radius 2 is 1.38 bits per heavy atom. The Morgan fingerprint density at radius 1 is 0.729 bits per heavy atom. The molecule has 242 valence electrons. The topological polar surface area (TPSA) is 93.8 Å². The largest absolute Gasteiger partial charge is 0.439 e. The molecule has 2 heterocycles. The molecule has 0 saturated heterocycles. The summed E-state index contributed by atoms with van der Waals surface area (Å²) in [6.45, 7) is 1.90. The Morgan fingerprint density at radius 3 is 2.02 bits per heavy atom. The second-order valence-electron chi connectivity index (χ2n) is 12.9. The van der Waals surface area contributed by atoms with Crippen molar-refractivity contribution in [2.24, 2.45) is 0 Å². The van der Waals surface area contributed by atoms with Crippen molar-refractivity contribution in [1.29, 1.82) is 0 Å². The van der Waals surface area contributed by atoms with Gasteiger partial charge in [-0.2, -0.15) is 0 Å². The van der Waals surface area contributed by atoms with Crippen LogP contribution in [-0.4, -0.2) is 19.7 Å². The van der Waals surface area contributed by atoms with Crippen molar-refractivity contribution in [3.05, 3.63) is 158 Å². The molecule has 2 aliphatic rings. The Kier molecular flexibility index (Phi) is 9.27. The molecule has 0 spiro atoms. The highest BCUT2D eigenvalue weighted by molar-refractivity contribution is 5.80. The second-order valence-corrected chi connectivity index (χ2v) is 12.9. The van der Waals surface area contributed by atoms with Gasteiger partial charge in [0.2, 0.25) is 0 Å². The molecule has 2 aromatic heterocycles. The lowest BCUT2D eigenvalue weighted by molar-refractivity contribution is 0.388. The normalized spacial score (nSPS) is 14.7. The van der Waals surface area contributed by atoms with Crippen LogP contribution in [0.3, 0.4) is 0 Å². The molecule has 0 radical (unpaired) electrons. The minimum Gasteiger partial charge on any atom is -0.296 e. The first-order chi connectivity index (χ1) is 23.5. The number of aromatic amines is 1. The van der Waals surface area contributed by atoms with Gasteiger partial charge in [-0.3, -0.25) is 18.9 Å². The van der Waals surface area contributed by atoms with Crippen LogP contribution in [0.5, 0.6) is 0 Å². The van der Waals surface area contributed by atoms with Crippen LogP contribution in [0.4, 0.5) is 0 Å². The molecular weight excluding hydrogens is 596 g/mol. The van der Waals surface area contributed by atoms with Crippen LogP contribution in [0.2, 0.25) is 0 Å². The molecule has 7 heteroatoms. The van der Waals surface area contributed by atoms with Crippen molar-refractivity contribution < 1.29 is 4.52 Å². The zero-order chi connectivity index (χ0) is 32.9. The predicted octanol–water partition coefficient (Wildman–Crippen LogP) is 8.75. The van der Waals surface area contributed by atoms with E-state index in [-0.39, 0.29) is 5.56 Å². The van der Waals surface area contributed by atoms with Gasteiger partial charge in [-0.1, -0.05) is 121 Å². The van der Waals surface area contributed by atoms with Gasteiger partial charge in [-0.25, -0.2) is 9.78 Å². The Balaban J connectivity index is 0.000000255. The van der Waals surface area contributed by atoms with Crippen LogP contribution in [0.25, 0.3) is 28.2 Å². The molecule has 7 nitrogen and oxygen atoms in total. The van der Waals surface area contributed by atoms with Gasteiger partial charge in [0.05, 0.1) is 11.4 Å². The van der Waals surface area contributed by atoms with E-state index in [0.717, 1.165) is 63.8 Å². The van der Waals surface area contributed by atoms with E-state index < -0.39 is 5.76 Å². The van der Waals surface area contributed by atoms with Crippen molar-refractivity contribution in [3.63, 3.8) is 0 Å². The molecule has 2 saturated carbocycles. The first kappa shape index (κ1) is 31.3. The number of nitrogens with one attached hydrogen (secondary N) is 1. The second kappa shape index (κ2) is 14.2. The maximum Gasteiger partial charge on any atom is 0.439 e. The summed E-state index contributed by atoms with van der Waals surface area (Å²) in [5.41, 5.74) is 7.80. The summed E-state index contributed by atoms with van der Waals surface area (Å²) in [6.07, 6.45) is 9.79. The molecule has 0 aliphatic heterocycles. The highest BCUT2D eigenvalue weighted by Gasteiger charge is 2.30. The number of nitrogens with zero attached hydrogens (tertiary/aromatic N) is 3. The van der Waals surface area contributed by atoms with E-state index in [2.05, 4.69) is 40.5 Å². The van der Waals surface area contributed by atoms with Crippen molar-refractivity contribution in [1.82, 2.24) is 19.7 Å². The number of para-hydroxylation sites is 1. The van der Waals surface area contributed by atoms with Crippen LogP contribution < -0.4 is 11.3 Å². The van der Waals surface area contributed by atoms with E-state index in [4.69, 9.17) is 9.51 Å². The highest BCUT2D eigenvalue weighted by Crippen LogP contribution is 2.41. The molecule has 0 bridgehead atoms. The van der Waals surface area contributed by atoms with Crippen LogP contribution in [0.15, 0.2) is 123 Å². The number of hydrogen-bond donors (Lipinski definition) is 1. The number of benzene rings is 4. The van der Waals surface area contributed by atoms with Crippen molar-refractivity contribution in [3.8, 4) is 28.2 Å². The zero-order valence-corrected chi connectivity index (χ0v) is 27.3. The molecular formula is C41H40N4O3. The third-order valence-corrected chi connectivity index (χ3v) is 9.50. The van der Waals surface area contributed by atoms with Gasteiger partial charge in [-0.05, 0) is 72.9 Å². The van der Waals surface area contributed by atoms with Crippen LogP contribution >= 0.6 is 0 Å². The molecule has 0 atom stereocenters. The van der Waals surface area contributed by atoms with Gasteiger partial charge >= 0.3 is 5.76 Å². The molecule has 4 aromatic carbocycles. The number of aromatic nitrogens is 4. The summed E-state index contributed by atoms with van der Waals surface area (Å²) in [5, 5.41) is 3.84. The fourth-order valence-corrected chi connectivity index (χ4v) is 6.88.